The molecule has 0 aromatic rings. The van der Waals surface area contributed by atoms with Crippen LogP contribution in [0.1, 0.15) is 65.2 Å². The van der Waals surface area contributed by atoms with E-state index in [1.165, 1.54) is 38.5 Å². The Morgan fingerprint density at radius 1 is 1.00 bits per heavy atom. The van der Waals surface area contributed by atoms with Gasteiger partial charge in [0.25, 0.3) is 0 Å². The van der Waals surface area contributed by atoms with Gasteiger partial charge in [-0.05, 0) is 31.6 Å². The molecule has 0 aromatic heterocycles. The van der Waals surface area contributed by atoms with Crippen molar-refractivity contribution in [2.24, 2.45) is 5.92 Å². The van der Waals surface area contributed by atoms with Gasteiger partial charge in [0.05, 0.1) is 0 Å². The van der Waals surface area contributed by atoms with E-state index in [1.807, 2.05) is 0 Å². The van der Waals surface area contributed by atoms with E-state index in [4.69, 9.17) is 0 Å². The maximum absolute atomic E-state index is 10.2. The zero-order valence-corrected chi connectivity index (χ0v) is 10.4. The van der Waals surface area contributed by atoms with Gasteiger partial charge in [-0.1, -0.05) is 45.3 Å². The number of allylic oxidation sites excluding steroid dienone is 2. The summed E-state index contributed by atoms with van der Waals surface area (Å²) in [6, 6.07) is 0. The lowest BCUT2D eigenvalue weighted by Gasteiger charge is -2.07. The SMILES string of the molecule is CCC/C=C/CCCCC(C)CCC=O. The summed E-state index contributed by atoms with van der Waals surface area (Å²) >= 11 is 0. The minimum absolute atomic E-state index is 0.717. The molecule has 0 aliphatic carbocycles. The van der Waals surface area contributed by atoms with Gasteiger partial charge < -0.3 is 4.79 Å². The summed E-state index contributed by atoms with van der Waals surface area (Å²) in [5.41, 5.74) is 0. The van der Waals surface area contributed by atoms with Crippen LogP contribution in [0.3, 0.4) is 0 Å². The van der Waals surface area contributed by atoms with Gasteiger partial charge in [0.2, 0.25) is 0 Å². The number of unbranched alkanes of at least 4 members (excludes halogenated alkanes) is 3. The molecule has 1 nitrogen and oxygen atoms in total. The lowest BCUT2D eigenvalue weighted by Crippen LogP contribution is -1.94. The Hall–Kier alpha value is -0.590. The zero-order valence-electron chi connectivity index (χ0n) is 10.4. The van der Waals surface area contributed by atoms with Crippen molar-refractivity contribution < 1.29 is 4.79 Å². The van der Waals surface area contributed by atoms with Crippen LogP contribution in [0.4, 0.5) is 0 Å². The second kappa shape index (κ2) is 11.5. The number of aldehydes is 1. The summed E-state index contributed by atoms with van der Waals surface area (Å²) < 4.78 is 0. The Labute approximate surface area is 95.0 Å². The summed E-state index contributed by atoms with van der Waals surface area (Å²) in [6.45, 7) is 4.45. The number of carbonyl (C=O) groups excluding carboxylic acids is 1. The van der Waals surface area contributed by atoms with Crippen molar-refractivity contribution in [2.75, 3.05) is 0 Å². The second-order valence-corrected chi connectivity index (χ2v) is 4.39. The number of carbonyl (C=O) groups is 1. The zero-order chi connectivity index (χ0) is 11.4. The lowest BCUT2D eigenvalue weighted by atomic mass is 9.98. The van der Waals surface area contributed by atoms with Gasteiger partial charge in [-0.2, -0.15) is 0 Å². The van der Waals surface area contributed by atoms with E-state index < -0.39 is 0 Å². The van der Waals surface area contributed by atoms with E-state index in [1.54, 1.807) is 0 Å². The first-order valence-corrected chi connectivity index (χ1v) is 6.39. The number of hydrogen-bond acceptors (Lipinski definition) is 1. The molecule has 0 heterocycles. The monoisotopic (exact) mass is 210 g/mol. The Balaban J connectivity index is 3.19. The van der Waals surface area contributed by atoms with E-state index in [-0.39, 0.29) is 0 Å². The summed E-state index contributed by atoms with van der Waals surface area (Å²) in [5.74, 6) is 0.717. The van der Waals surface area contributed by atoms with E-state index in [2.05, 4.69) is 26.0 Å². The fourth-order valence-corrected chi connectivity index (χ4v) is 1.65. The third kappa shape index (κ3) is 11.3. The number of hydrogen-bond donors (Lipinski definition) is 0. The van der Waals surface area contributed by atoms with Crippen LogP contribution in [-0.2, 0) is 4.79 Å². The molecule has 0 aliphatic rings. The molecule has 0 saturated heterocycles. The number of rotatable bonds is 10. The Morgan fingerprint density at radius 2 is 1.73 bits per heavy atom. The molecule has 0 aliphatic heterocycles. The van der Waals surface area contributed by atoms with Gasteiger partial charge in [0.1, 0.15) is 6.29 Å². The van der Waals surface area contributed by atoms with Crippen molar-refractivity contribution in [3.63, 3.8) is 0 Å². The summed E-state index contributed by atoms with van der Waals surface area (Å²) in [7, 11) is 0. The van der Waals surface area contributed by atoms with E-state index >= 15 is 0 Å². The van der Waals surface area contributed by atoms with Crippen LogP contribution in [0, 0.1) is 5.92 Å². The molecule has 88 valence electrons. The Bertz CT molecular complexity index is 161. The predicted molar refractivity (Wildman–Crippen MR) is 67.0 cm³/mol. The second-order valence-electron chi connectivity index (χ2n) is 4.39. The van der Waals surface area contributed by atoms with Crippen LogP contribution >= 0.6 is 0 Å². The van der Waals surface area contributed by atoms with Crippen LogP contribution in [-0.4, -0.2) is 6.29 Å². The average molecular weight is 210 g/mol. The highest BCUT2D eigenvalue weighted by molar-refractivity contribution is 5.49. The molecular formula is C14H26O. The molecule has 0 saturated carbocycles. The van der Waals surface area contributed by atoms with Crippen molar-refractivity contribution in [3.8, 4) is 0 Å². The summed E-state index contributed by atoms with van der Waals surface area (Å²) in [5, 5.41) is 0. The van der Waals surface area contributed by atoms with Crippen LogP contribution in [0.2, 0.25) is 0 Å². The van der Waals surface area contributed by atoms with Crippen molar-refractivity contribution in [1.29, 1.82) is 0 Å². The molecular weight excluding hydrogens is 184 g/mol. The van der Waals surface area contributed by atoms with Crippen molar-refractivity contribution in [1.82, 2.24) is 0 Å². The van der Waals surface area contributed by atoms with Gasteiger partial charge in [-0.25, -0.2) is 0 Å². The molecule has 0 N–H and O–H groups in total. The Kier molecular flexibility index (Phi) is 11.0. The Morgan fingerprint density at radius 3 is 2.40 bits per heavy atom. The first-order valence-electron chi connectivity index (χ1n) is 6.39. The standard InChI is InChI=1S/C14H26O/c1-3-4-5-6-7-8-9-11-14(2)12-10-13-15/h5-6,13-14H,3-4,7-12H2,1-2H3/b6-5+. The minimum Gasteiger partial charge on any atom is -0.303 e. The van der Waals surface area contributed by atoms with Crippen LogP contribution < -0.4 is 0 Å². The van der Waals surface area contributed by atoms with Gasteiger partial charge in [-0.15, -0.1) is 0 Å². The average Bonchev–Trinajstić information content (AvgIpc) is 2.25. The summed E-state index contributed by atoms with van der Waals surface area (Å²) in [6.07, 6.45) is 15.0. The molecule has 0 amide bonds. The summed E-state index contributed by atoms with van der Waals surface area (Å²) in [4.78, 5) is 10.2. The van der Waals surface area contributed by atoms with Crippen molar-refractivity contribution in [3.05, 3.63) is 12.2 Å². The van der Waals surface area contributed by atoms with E-state index in [0.717, 1.165) is 25.0 Å². The van der Waals surface area contributed by atoms with Crippen LogP contribution in [0.5, 0.6) is 0 Å². The lowest BCUT2D eigenvalue weighted by molar-refractivity contribution is -0.108. The third-order valence-electron chi connectivity index (χ3n) is 2.72. The third-order valence-corrected chi connectivity index (χ3v) is 2.72. The largest absolute Gasteiger partial charge is 0.303 e. The van der Waals surface area contributed by atoms with Crippen molar-refractivity contribution in [2.45, 2.75) is 65.2 Å². The van der Waals surface area contributed by atoms with Gasteiger partial charge in [-0.3, -0.25) is 0 Å². The smallest absolute Gasteiger partial charge is 0.120 e. The fourth-order valence-electron chi connectivity index (χ4n) is 1.65. The predicted octanol–water partition coefficient (Wildman–Crippen LogP) is 4.52. The molecule has 1 heteroatoms. The molecule has 15 heavy (non-hydrogen) atoms. The highest BCUT2D eigenvalue weighted by Gasteiger charge is 2.00. The quantitative estimate of drug-likeness (QED) is 0.294. The molecule has 1 atom stereocenters. The highest BCUT2D eigenvalue weighted by Crippen LogP contribution is 2.14. The topological polar surface area (TPSA) is 17.1 Å². The van der Waals surface area contributed by atoms with Gasteiger partial charge in [0.15, 0.2) is 0 Å². The maximum atomic E-state index is 10.2. The molecule has 0 rings (SSSR count). The van der Waals surface area contributed by atoms with Crippen LogP contribution in [0.25, 0.3) is 0 Å². The van der Waals surface area contributed by atoms with Crippen molar-refractivity contribution >= 4 is 6.29 Å². The first-order chi connectivity index (χ1) is 7.31. The molecule has 0 aromatic carbocycles. The highest BCUT2D eigenvalue weighted by atomic mass is 16.1. The minimum atomic E-state index is 0.717. The maximum Gasteiger partial charge on any atom is 0.120 e. The fraction of sp³-hybridized carbons (Fsp3) is 0.786. The molecule has 0 fully saturated rings. The first kappa shape index (κ1) is 14.4. The molecule has 0 bridgehead atoms. The van der Waals surface area contributed by atoms with Crippen LogP contribution in [0.15, 0.2) is 12.2 Å². The van der Waals surface area contributed by atoms with Gasteiger partial charge >= 0.3 is 0 Å². The molecule has 1 unspecified atom stereocenters. The van der Waals surface area contributed by atoms with Gasteiger partial charge in [0, 0.05) is 6.42 Å². The normalized spacial score (nSPS) is 13.2. The van der Waals surface area contributed by atoms with E-state index in [9.17, 15) is 4.79 Å². The molecule has 0 radical (unpaired) electrons. The molecule has 0 spiro atoms. The van der Waals surface area contributed by atoms with E-state index in [0.29, 0.717) is 0 Å².